The second-order valence-electron chi connectivity index (χ2n) is 6.86. The number of rotatable bonds is 10. The maximum Gasteiger partial charge on any atom is 0.341 e. The summed E-state index contributed by atoms with van der Waals surface area (Å²) >= 11 is 18.7. The average molecular weight is 516 g/mol. The standard InChI is InChI=1S/C24H25Cl3O6/c1-30-21-17(23(28)32-3)10-14(12-19(21)26)16(8-6-5-7-9-25)15-11-18(24(29)33-4)22(31-2)20(27)13-15/h8,10-13H,5-7,9H2,1-4H3. The number of carbonyl (C=O) groups is 2. The van der Waals surface area contributed by atoms with E-state index in [1.54, 1.807) is 24.3 Å². The lowest BCUT2D eigenvalue weighted by Gasteiger charge is -2.17. The number of esters is 2. The van der Waals surface area contributed by atoms with Gasteiger partial charge in [0.25, 0.3) is 0 Å². The number of benzene rings is 2. The highest BCUT2D eigenvalue weighted by atomic mass is 35.5. The summed E-state index contributed by atoms with van der Waals surface area (Å²) in [6.45, 7) is 0. The van der Waals surface area contributed by atoms with E-state index in [0.29, 0.717) is 29.0 Å². The molecule has 0 amide bonds. The molecule has 0 spiro atoms. The molecule has 0 aliphatic heterocycles. The molecule has 2 aromatic carbocycles. The molecule has 0 radical (unpaired) electrons. The normalized spacial score (nSPS) is 10.4. The van der Waals surface area contributed by atoms with Crippen LogP contribution in [0.1, 0.15) is 51.1 Å². The molecule has 9 heteroatoms. The maximum absolute atomic E-state index is 12.4. The second kappa shape index (κ2) is 12.7. The van der Waals surface area contributed by atoms with E-state index in [1.165, 1.54) is 28.4 Å². The largest absolute Gasteiger partial charge is 0.494 e. The van der Waals surface area contributed by atoms with Crippen LogP contribution < -0.4 is 9.47 Å². The van der Waals surface area contributed by atoms with E-state index in [1.807, 2.05) is 6.08 Å². The van der Waals surface area contributed by atoms with Crippen molar-refractivity contribution in [1.29, 1.82) is 0 Å². The zero-order valence-corrected chi connectivity index (χ0v) is 21.1. The molecule has 0 bridgehead atoms. The van der Waals surface area contributed by atoms with Crippen molar-refractivity contribution in [3.8, 4) is 11.5 Å². The molecule has 0 aliphatic rings. The van der Waals surface area contributed by atoms with Crippen molar-refractivity contribution < 1.29 is 28.5 Å². The van der Waals surface area contributed by atoms with Gasteiger partial charge in [-0.3, -0.25) is 0 Å². The number of methoxy groups -OCH3 is 4. The highest BCUT2D eigenvalue weighted by molar-refractivity contribution is 6.33. The van der Waals surface area contributed by atoms with Crippen molar-refractivity contribution in [2.45, 2.75) is 19.3 Å². The molecular formula is C24H25Cl3O6. The second-order valence-corrected chi connectivity index (χ2v) is 8.06. The van der Waals surface area contributed by atoms with Gasteiger partial charge in [-0.25, -0.2) is 9.59 Å². The smallest absolute Gasteiger partial charge is 0.341 e. The van der Waals surface area contributed by atoms with Crippen molar-refractivity contribution in [2.75, 3.05) is 34.3 Å². The third-order valence-corrected chi connectivity index (χ3v) is 5.69. The molecule has 0 unspecified atom stereocenters. The highest BCUT2D eigenvalue weighted by Crippen LogP contribution is 2.38. The van der Waals surface area contributed by atoms with E-state index < -0.39 is 11.9 Å². The molecule has 0 aliphatic carbocycles. The maximum atomic E-state index is 12.4. The monoisotopic (exact) mass is 514 g/mol. The van der Waals surface area contributed by atoms with E-state index in [9.17, 15) is 9.59 Å². The van der Waals surface area contributed by atoms with Crippen LogP contribution in [-0.2, 0) is 9.47 Å². The summed E-state index contributed by atoms with van der Waals surface area (Å²) in [6, 6.07) is 6.60. The van der Waals surface area contributed by atoms with E-state index in [2.05, 4.69) is 0 Å². The zero-order chi connectivity index (χ0) is 24.5. The van der Waals surface area contributed by atoms with Gasteiger partial charge in [0.1, 0.15) is 11.1 Å². The molecule has 2 aromatic rings. The first kappa shape index (κ1) is 26.8. The summed E-state index contributed by atoms with van der Waals surface area (Å²) in [6.07, 6.45) is 4.34. The Bertz CT molecular complexity index is 973. The van der Waals surface area contributed by atoms with Crippen LogP contribution in [0.3, 0.4) is 0 Å². The molecule has 0 heterocycles. The zero-order valence-electron chi connectivity index (χ0n) is 18.8. The van der Waals surface area contributed by atoms with Gasteiger partial charge in [0, 0.05) is 5.88 Å². The molecule has 0 saturated heterocycles. The number of carbonyl (C=O) groups excluding carboxylic acids is 2. The Labute approximate surface area is 208 Å². The average Bonchev–Trinajstić information content (AvgIpc) is 2.81. The van der Waals surface area contributed by atoms with Crippen LogP contribution in [0.2, 0.25) is 10.0 Å². The summed E-state index contributed by atoms with van der Waals surface area (Å²) in [5.74, 6) is -0.237. The lowest BCUT2D eigenvalue weighted by atomic mass is 9.93. The van der Waals surface area contributed by atoms with Gasteiger partial charge in [-0.15, -0.1) is 11.6 Å². The topological polar surface area (TPSA) is 71.1 Å². The first-order valence-corrected chi connectivity index (χ1v) is 11.3. The van der Waals surface area contributed by atoms with E-state index in [-0.39, 0.29) is 32.7 Å². The van der Waals surface area contributed by atoms with Crippen LogP contribution in [0.25, 0.3) is 5.57 Å². The van der Waals surface area contributed by atoms with Crippen LogP contribution >= 0.6 is 34.8 Å². The predicted molar refractivity (Wildman–Crippen MR) is 130 cm³/mol. The molecule has 178 valence electrons. The third kappa shape index (κ3) is 6.34. The minimum absolute atomic E-state index is 0.168. The molecule has 0 saturated carbocycles. The molecule has 0 aromatic heterocycles. The molecular weight excluding hydrogens is 491 g/mol. The van der Waals surface area contributed by atoms with Crippen LogP contribution in [0.4, 0.5) is 0 Å². The Hall–Kier alpha value is -2.41. The van der Waals surface area contributed by atoms with Gasteiger partial charge in [-0.1, -0.05) is 29.3 Å². The number of alkyl halides is 1. The Morgan fingerprint density at radius 3 is 1.61 bits per heavy atom. The number of allylic oxidation sites excluding steroid dienone is 1. The number of unbranched alkanes of at least 4 members (excludes halogenated alkanes) is 2. The van der Waals surface area contributed by atoms with Crippen LogP contribution in [0.15, 0.2) is 30.3 Å². The molecule has 2 rings (SSSR count). The predicted octanol–water partition coefficient (Wildman–Crippen LogP) is 6.42. The van der Waals surface area contributed by atoms with E-state index >= 15 is 0 Å². The summed E-state index contributed by atoms with van der Waals surface area (Å²) in [7, 11) is 5.39. The van der Waals surface area contributed by atoms with Gasteiger partial charge in [0.05, 0.1) is 38.5 Å². The Morgan fingerprint density at radius 1 is 0.788 bits per heavy atom. The van der Waals surface area contributed by atoms with Crippen molar-refractivity contribution >= 4 is 52.3 Å². The lowest BCUT2D eigenvalue weighted by Crippen LogP contribution is -2.07. The van der Waals surface area contributed by atoms with Crippen LogP contribution in [0.5, 0.6) is 11.5 Å². The van der Waals surface area contributed by atoms with Gasteiger partial charge in [0.15, 0.2) is 11.5 Å². The minimum Gasteiger partial charge on any atom is -0.494 e. The first-order chi connectivity index (χ1) is 15.8. The SMILES string of the molecule is COC(=O)c1cc(C(=CCCCCCl)c2cc(Cl)c(OC)c(C(=O)OC)c2)cc(Cl)c1OC. The number of ether oxygens (including phenoxy) is 4. The van der Waals surface area contributed by atoms with Crippen molar-refractivity contribution in [3.63, 3.8) is 0 Å². The molecule has 0 N–H and O–H groups in total. The van der Waals surface area contributed by atoms with Gasteiger partial charge in [-0.05, 0) is 60.2 Å². The fraction of sp³-hybridized carbons (Fsp3) is 0.333. The van der Waals surface area contributed by atoms with E-state index in [0.717, 1.165) is 12.8 Å². The highest BCUT2D eigenvalue weighted by Gasteiger charge is 2.22. The summed E-state index contributed by atoms with van der Waals surface area (Å²) < 4.78 is 20.4. The molecule has 33 heavy (non-hydrogen) atoms. The van der Waals surface area contributed by atoms with Crippen LogP contribution in [-0.4, -0.2) is 46.3 Å². The van der Waals surface area contributed by atoms with Crippen LogP contribution in [0, 0.1) is 0 Å². The molecule has 6 nitrogen and oxygen atoms in total. The summed E-state index contributed by atoms with van der Waals surface area (Å²) in [5, 5.41) is 0.463. The Morgan fingerprint density at radius 2 is 1.24 bits per heavy atom. The number of halogens is 3. The minimum atomic E-state index is -0.597. The van der Waals surface area contributed by atoms with Crippen molar-refractivity contribution in [2.24, 2.45) is 0 Å². The first-order valence-electron chi connectivity index (χ1n) is 10.0. The fourth-order valence-corrected chi connectivity index (χ4v) is 4.11. The van der Waals surface area contributed by atoms with Crippen molar-refractivity contribution in [3.05, 3.63) is 62.6 Å². The molecule has 0 fully saturated rings. The van der Waals surface area contributed by atoms with E-state index in [4.69, 9.17) is 53.8 Å². The Kier molecular flexibility index (Phi) is 10.4. The Balaban J connectivity index is 2.76. The fourth-order valence-electron chi connectivity index (χ4n) is 3.32. The van der Waals surface area contributed by atoms with Gasteiger partial charge in [-0.2, -0.15) is 0 Å². The quantitative estimate of drug-likeness (QED) is 0.206. The van der Waals surface area contributed by atoms with Gasteiger partial charge < -0.3 is 18.9 Å². The summed E-state index contributed by atoms with van der Waals surface area (Å²) in [4.78, 5) is 24.8. The van der Waals surface area contributed by atoms with Crippen molar-refractivity contribution in [1.82, 2.24) is 0 Å². The third-order valence-electron chi connectivity index (χ3n) is 4.86. The van der Waals surface area contributed by atoms with Gasteiger partial charge in [0.2, 0.25) is 0 Å². The number of hydrogen-bond acceptors (Lipinski definition) is 6. The molecule has 0 atom stereocenters. The lowest BCUT2D eigenvalue weighted by molar-refractivity contribution is 0.0588. The number of hydrogen-bond donors (Lipinski definition) is 0. The van der Waals surface area contributed by atoms with Gasteiger partial charge >= 0.3 is 11.9 Å². The summed E-state index contributed by atoms with van der Waals surface area (Å²) in [5.41, 5.74) is 2.27.